The van der Waals surface area contributed by atoms with Crippen molar-refractivity contribution in [1.82, 2.24) is 5.32 Å². The van der Waals surface area contributed by atoms with Crippen LogP contribution in [0.4, 0.5) is 0 Å². The molecule has 0 saturated heterocycles. The summed E-state index contributed by atoms with van der Waals surface area (Å²) in [5.74, 6) is 1.44. The molecule has 1 aromatic heterocycles. The van der Waals surface area contributed by atoms with Gasteiger partial charge in [-0.05, 0) is 30.9 Å². The highest BCUT2D eigenvalue weighted by molar-refractivity contribution is 5.91. The van der Waals surface area contributed by atoms with E-state index < -0.39 is 0 Å². The van der Waals surface area contributed by atoms with Crippen LogP contribution >= 0.6 is 0 Å². The van der Waals surface area contributed by atoms with E-state index >= 15 is 0 Å². The van der Waals surface area contributed by atoms with Crippen LogP contribution in [0.5, 0.6) is 0 Å². The van der Waals surface area contributed by atoms with Crippen molar-refractivity contribution < 1.29 is 9.21 Å². The summed E-state index contributed by atoms with van der Waals surface area (Å²) < 4.78 is 5.30. The zero-order valence-electron chi connectivity index (χ0n) is 9.53. The molecule has 1 aliphatic rings. The molecule has 16 heavy (non-hydrogen) atoms. The van der Waals surface area contributed by atoms with Gasteiger partial charge in [0.1, 0.15) is 5.76 Å². The minimum Gasteiger partial charge on any atom is -0.455 e. The average molecular weight is 222 g/mol. The van der Waals surface area contributed by atoms with E-state index in [1.54, 1.807) is 12.1 Å². The molecule has 2 rings (SSSR count). The lowest BCUT2D eigenvalue weighted by atomic mass is 10.1. The molecule has 1 heterocycles. The molecule has 88 valence electrons. The Bertz CT molecular complexity index is 373. The number of rotatable bonds is 3. The maximum atomic E-state index is 11.8. The lowest BCUT2D eigenvalue weighted by Crippen LogP contribution is -2.36. The quantitative estimate of drug-likeness (QED) is 0.817. The third kappa shape index (κ3) is 2.27. The molecule has 2 atom stereocenters. The number of carbonyl (C=O) groups is 1. The van der Waals surface area contributed by atoms with Gasteiger partial charge in [-0.1, -0.05) is 13.3 Å². The molecule has 4 nitrogen and oxygen atoms in total. The number of nitrogens with one attached hydrogen (secondary N) is 1. The van der Waals surface area contributed by atoms with Crippen LogP contribution in [-0.2, 0) is 6.54 Å². The van der Waals surface area contributed by atoms with Crippen molar-refractivity contribution in [3.8, 4) is 0 Å². The van der Waals surface area contributed by atoms with E-state index in [1.165, 1.54) is 12.8 Å². The molecule has 1 amide bonds. The van der Waals surface area contributed by atoms with E-state index in [0.29, 0.717) is 30.0 Å². The Labute approximate surface area is 95.2 Å². The van der Waals surface area contributed by atoms with E-state index in [1.807, 2.05) is 0 Å². The van der Waals surface area contributed by atoms with E-state index in [4.69, 9.17) is 10.2 Å². The van der Waals surface area contributed by atoms with Crippen LogP contribution in [0.3, 0.4) is 0 Å². The van der Waals surface area contributed by atoms with Crippen LogP contribution in [0.2, 0.25) is 0 Å². The Morgan fingerprint density at radius 3 is 2.94 bits per heavy atom. The third-order valence-electron chi connectivity index (χ3n) is 3.26. The Hall–Kier alpha value is -1.29. The molecule has 0 radical (unpaired) electrons. The maximum absolute atomic E-state index is 11.8. The Kier molecular flexibility index (Phi) is 3.29. The Morgan fingerprint density at radius 2 is 2.38 bits per heavy atom. The largest absolute Gasteiger partial charge is 0.455 e. The standard InChI is InChI=1S/C12H18N2O2/c1-8-3-2-4-10(8)14-12(15)11-6-5-9(7-13)16-11/h5-6,8,10H,2-4,7,13H2,1H3,(H,14,15). The highest BCUT2D eigenvalue weighted by atomic mass is 16.4. The number of hydrogen-bond donors (Lipinski definition) is 2. The van der Waals surface area contributed by atoms with Crippen LogP contribution in [0.1, 0.15) is 42.5 Å². The van der Waals surface area contributed by atoms with Gasteiger partial charge >= 0.3 is 0 Å². The summed E-state index contributed by atoms with van der Waals surface area (Å²) in [7, 11) is 0. The van der Waals surface area contributed by atoms with Crippen molar-refractivity contribution in [2.45, 2.75) is 38.8 Å². The average Bonchev–Trinajstić information content (AvgIpc) is 2.88. The third-order valence-corrected chi connectivity index (χ3v) is 3.26. The topological polar surface area (TPSA) is 68.3 Å². The van der Waals surface area contributed by atoms with Gasteiger partial charge in [-0.2, -0.15) is 0 Å². The molecular formula is C12H18N2O2. The van der Waals surface area contributed by atoms with Crippen molar-refractivity contribution in [1.29, 1.82) is 0 Å². The summed E-state index contributed by atoms with van der Waals surface area (Å²) >= 11 is 0. The zero-order valence-corrected chi connectivity index (χ0v) is 9.53. The van der Waals surface area contributed by atoms with Crippen molar-refractivity contribution in [3.63, 3.8) is 0 Å². The molecule has 0 bridgehead atoms. The van der Waals surface area contributed by atoms with Gasteiger partial charge in [0.2, 0.25) is 0 Å². The summed E-state index contributed by atoms with van der Waals surface area (Å²) in [6.07, 6.45) is 3.45. The summed E-state index contributed by atoms with van der Waals surface area (Å²) in [6.45, 7) is 2.50. The van der Waals surface area contributed by atoms with Crippen LogP contribution < -0.4 is 11.1 Å². The minimum atomic E-state index is -0.126. The second kappa shape index (κ2) is 4.70. The monoisotopic (exact) mass is 222 g/mol. The minimum absolute atomic E-state index is 0.126. The first-order valence-electron chi connectivity index (χ1n) is 5.80. The SMILES string of the molecule is CC1CCCC1NC(=O)c1ccc(CN)o1. The molecule has 1 aliphatic carbocycles. The normalized spacial score (nSPS) is 24.6. The van der Waals surface area contributed by atoms with Crippen LogP contribution in [0.15, 0.2) is 16.5 Å². The molecule has 0 aromatic carbocycles. The lowest BCUT2D eigenvalue weighted by Gasteiger charge is -2.16. The molecule has 0 aliphatic heterocycles. The highest BCUT2D eigenvalue weighted by Gasteiger charge is 2.25. The van der Waals surface area contributed by atoms with Crippen LogP contribution in [0.25, 0.3) is 0 Å². The number of carbonyl (C=O) groups excluding carboxylic acids is 1. The van der Waals surface area contributed by atoms with E-state index in [-0.39, 0.29) is 5.91 Å². The first kappa shape index (κ1) is 11.2. The molecule has 2 unspecified atom stereocenters. The lowest BCUT2D eigenvalue weighted by molar-refractivity contribution is 0.0900. The van der Waals surface area contributed by atoms with Gasteiger partial charge in [-0.3, -0.25) is 4.79 Å². The van der Waals surface area contributed by atoms with E-state index in [9.17, 15) is 4.79 Å². The molecule has 4 heteroatoms. The van der Waals surface area contributed by atoms with Gasteiger partial charge in [-0.15, -0.1) is 0 Å². The van der Waals surface area contributed by atoms with Crippen molar-refractivity contribution in [2.75, 3.05) is 0 Å². The highest BCUT2D eigenvalue weighted by Crippen LogP contribution is 2.25. The van der Waals surface area contributed by atoms with E-state index in [2.05, 4.69) is 12.2 Å². The van der Waals surface area contributed by atoms with Crippen LogP contribution in [-0.4, -0.2) is 11.9 Å². The molecule has 1 fully saturated rings. The Morgan fingerprint density at radius 1 is 1.56 bits per heavy atom. The smallest absolute Gasteiger partial charge is 0.287 e. The van der Waals surface area contributed by atoms with Crippen LogP contribution in [0, 0.1) is 5.92 Å². The first-order valence-corrected chi connectivity index (χ1v) is 5.80. The van der Waals surface area contributed by atoms with Gasteiger partial charge in [0.15, 0.2) is 5.76 Å². The first-order chi connectivity index (χ1) is 7.70. The summed E-state index contributed by atoms with van der Waals surface area (Å²) in [4.78, 5) is 11.8. The summed E-state index contributed by atoms with van der Waals surface area (Å²) in [5, 5.41) is 3.01. The zero-order chi connectivity index (χ0) is 11.5. The summed E-state index contributed by atoms with van der Waals surface area (Å²) in [6, 6.07) is 3.71. The predicted molar refractivity (Wildman–Crippen MR) is 60.9 cm³/mol. The maximum Gasteiger partial charge on any atom is 0.287 e. The van der Waals surface area contributed by atoms with Crippen molar-refractivity contribution in [3.05, 3.63) is 23.7 Å². The molecule has 0 spiro atoms. The second-order valence-corrected chi connectivity index (χ2v) is 4.46. The van der Waals surface area contributed by atoms with Gasteiger partial charge in [0.25, 0.3) is 5.91 Å². The fourth-order valence-corrected chi connectivity index (χ4v) is 2.21. The van der Waals surface area contributed by atoms with Gasteiger partial charge in [0.05, 0.1) is 6.54 Å². The van der Waals surface area contributed by atoms with Crippen molar-refractivity contribution in [2.24, 2.45) is 11.7 Å². The number of amides is 1. The van der Waals surface area contributed by atoms with Crippen molar-refractivity contribution >= 4 is 5.91 Å². The van der Waals surface area contributed by atoms with Gasteiger partial charge in [0, 0.05) is 6.04 Å². The summed E-state index contributed by atoms with van der Waals surface area (Å²) in [5.41, 5.74) is 5.42. The van der Waals surface area contributed by atoms with Gasteiger partial charge in [-0.25, -0.2) is 0 Å². The predicted octanol–water partition coefficient (Wildman–Crippen LogP) is 1.66. The molecule has 1 saturated carbocycles. The molecular weight excluding hydrogens is 204 g/mol. The Balaban J connectivity index is 1.97. The molecule has 3 N–H and O–H groups in total. The second-order valence-electron chi connectivity index (χ2n) is 4.46. The van der Waals surface area contributed by atoms with Gasteiger partial charge < -0.3 is 15.5 Å². The fraction of sp³-hybridized carbons (Fsp3) is 0.583. The van der Waals surface area contributed by atoms with E-state index in [0.717, 1.165) is 6.42 Å². The molecule has 1 aromatic rings. The number of nitrogens with two attached hydrogens (primary N) is 1. The number of furan rings is 1. The fourth-order valence-electron chi connectivity index (χ4n) is 2.21. The number of hydrogen-bond acceptors (Lipinski definition) is 3.